The molecule has 0 bridgehead atoms. The summed E-state index contributed by atoms with van der Waals surface area (Å²) in [7, 11) is 0. The maximum absolute atomic E-state index is 10.8. The van der Waals surface area contributed by atoms with Gasteiger partial charge in [-0.15, -0.1) is 0 Å². The number of carbonyl (C=O) groups excluding carboxylic acids is 1. The predicted molar refractivity (Wildman–Crippen MR) is 79.4 cm³/mol. The molecule has 0 radical (unpaired) electrons. The summed E-state index contributed by atoms with van der Waals surface area (Å²) in [6.07, 6.45) is 2.51. The Morgan fingerprint density at radius 1 is 1.05 bits per heavy atom. The molecule has 3 nitrogen and oxygen atoms in total. The summed E-state index contributed by atoms with van der Waals surface area (Å²) in [6.45, 7) is 0. The summed E-state index contributed by atoms with van der Waals surface area (Å²) in [4.78, 5) is 10.8. The van der Waals surface area contributed by atoms with E-state index in [-0.39, 0.29) is 0 Å². The molecule has 0 aliphatic heterocycles. The highest BCUT2D eigenvalue weighted by Crippen LogP contribution is 2.29. The van der Waals surface area contributed by atoms with Crippen LogP contribution in [0.1, 0.15) is 10.4 Å². The van der Waals surface area contributed by atoms with E-state index in [4.69, 9.17) is 11.6 Å². The highest BCUT2D eigenvalue weighted by atomic mass is 35.5. The fourth-order valence-corrected chi connectivity index (χ4v) is 2.38. The van der Waals surface area contributed by atoms with E-state index in [0.29, 0.717) is 10.6 Å². The fourth-order valence-electron chi connectivity index (χ4n) is 2.09. The molecule has 4 heteroatoms. The number of aromatic nitrogens is 2. The van der Waals surface area contributed by atoms with Gasteiger partial charge >= 0.3 is 0 Å². The first-order chi connectivity index (χ1) is 9.79. The van der Waals surface area contributed by atoms with Crippen molar-refractivity contribution in [3.05, 3.63) is 71.4 Å². The van der Waals surface area contributed by atoms with E-state index >= 15 is 0 Å². The lowest BCUT2D eigenvalue weighted by Gasteiger charge is -2.09. The van der Waals surface area contributed by atoms with Crippen molar-refractivity contribution in [3.63, 3.8) is 0 Å². The Balaban J connectivity index is 2.13. The Morgan fingerprint density at radius 3 is 2.55 bits per heavy atom. The number of halogens is 1. The molecule has 0 N–H and O–H groups in total. The van der Waals surface area contributed by atoms with E-state index in [1.165, 1.54) is 0 Å². The Kier molecular flexibility index (Phi) is 3.35. The number of nitrogens with zero attached hydrogens (tertiary/aromatic N) is 2. The monoisotopic (exact) mass is 282 g/mol. The molecular weight excluding hydrogens is 272 g/mol. The standard InChI is InChI=1S/C16H11ClN2O/c17-15-10-12(11-20)6-7-14(15)16-8-9-18-19(16)13-4-2-1-3-5-13/h1-11H. The average Bonchev–Trinajstić information content (AvgIpc) is 2.97. The molecular formula is C16H11ClN2O. The number of aldehydes is 1. The Labute approximate surface area is 121 Å². The van der Waals surface area contributed by atoms with Gasteiger partial charge in [0.05, 0.1) is 22.6 Å². The van der Waals surface area contributed by atoms with Crippen LogP contribution in [-0.2, 0) is 0 Å². The van der Waals surface area contributed by atoms with Crippen molar-refractivity contribution in [1.82, 2.24) is 9.78 Å². The highest BCUT2D eigenvalue weighted by Gasteiger charge is 2.11. The van der Waals surface area contributed by atoms with Crippen LogP contribution in [0.4, 0.5) is 0 Å². The molecule has 0 aliphatic carbocycles. The van der Waals surface area contributed by atoms with Gasteiger partial charge in [0.15, 0.2) is 0 Å². The molecule has 0 spiro atoms. The second-order valence-corrected chi connectivity index (χ2v) is 4.73. The van der Waals surface area contributed by atoms with Crippen LogP contribution in [0.15, 0.2) is 60.8 Å². The van der Waals surface area contributed by atoms with Gasteiger partial charge in [-0.3, -0.25) is 4.79 Å². The first-order valence-corrected chi connectivity index (χ1v) is 6.52. The van der Waals surface area contributed by atoms with Crippen molar-refractivity contribution in [2.45, 2.75) is 0 Å². The van der Waals surface area contributed by atoms with Crippen molar-refractivity contribution in [1.29, 1.82) is 0 Å². The first kappa shape index (κ1) is 12.6. The van der Waals surface area contributed by atoms with Crippen LogP contribution >= 0.6 is 11.6 Å². The third-order valence-corrected chi connectivity index (χ3v) is 3.36. The second kappa shape index (κ2) is 5.31. The van der Waals surface area contributed by atoms with E-state index in [9.17, 15) is 4.79 Å². The molecule has 0 amide bonds. The van der Waals surface area contributed by atoms with Crippen LogP contribution in [0.5, 0.6) is 0 Å². The van der Waals surface area contributed by atoms with E-state index in [0.717, 1.165) is 23.2 Å². The molecule has 98 valence electrons. The SMILES string of the molecule is O=Cc1ccc(-c2ccnn2-c2ccccc2)c(Cl)c1. The maximum atomic E-state index is 10.8. The minimum absolute atomic E-state index is 0.535. The molecule has 3 rings (SSSR count). The molecule has 0 saturated heterocycles. The summed E-state index contributed by atoms with van der Waals surface area (Å²) in [5.41, 5.74) is 3.25. The van der Waals surface area contributed by atoms with Crippen LogP contribution in [0.3, 0.4) is 0 Å². The van der Waals surface area contributed by atoms with Gasteiger partial charge in [-0.1, -0.05) is 41.9 Å². The second-order valence-electron chi connectivity index (χ2n) is 4.32. The van der Waals surface area contributed by atoms with Crippen LogP contribution in [0.2, 0.25) is 5.02 Å². The molecule has 1 heterocycles. The number of rotatable bonds is 3. The maximum Gasteiger partial charge on any atom is 0.150 e. The van der Waals surface area contributed by atoms with E-state index in [1.807, 2.05) is 47.1 Å². The molecule has 0 fully saturated rings. The van der Waals surface area contributed by atoms with Crippen LogP contribution in [0, 0.1) is 0 Å². The van der Waals surface area contributed by atoms with Gasteiger partial charge in [-0.05, 0) is 24.3 Å². The minimum atomic E-state index is 0.535. The lowest BCUT2D eigenvalue weighted by molar-refractivity contribution is 0.112. The van der Waals surface area contributed by atoms with Crippen LogP contribution in [-0.4, -0.2) is 16.1 Å². The normalized spacial score (nSPS) is 10.4. The molecule has 0 atom stereocenters. The van der Waals surface area contributed by atoms with Gasteiger partial charge < -0.3 is 0 Å². The van der Waals surface area contributed by atoms with Gasteiger partial charge in [0.25, 0.3) is 0 Å². The first-order valence-electron chi connectivity index (χ1n) is 6.14. The highest BCUT2D eigenvalue weighted by molar-refractivity contribution is 6.33. The van der Waals surface area contributed by atoms with Gasteiger partial charge in [-0.2, -0.15) is 5.10 Å². The summed E-state index contributed by atoms with van der Waals surface area (Å²) in [6, 6.07) is 17.0. The Morgan fingerprint density at radius 2 is 1.85 bits per heavy atom. The molecule has 3 aromatic rings. The predicted octanol–water partition coefficient (Wildman–Crippen LogP) is 4.01. The summed E-state index contributed by atoms with van der Waals surface area (Å²) in [5.74, 6) is 0. The van der Waals surface area contributed by atoms with Gasteiger partial charge in [0.1, 0.15) is 6.29 Å². The number of hydrogen-bond acceptors (Lipinski definition) is 2. The van der Waals surface area contributed by atoms with Crippen LogP contribution in [0.25, 0.3) is 16.9 Å². The Bertz CT molecular complexity index is 750. The van der Waals surface area contributed by atoms with Crippen molar-refractivity contribution >= 4 is 17.9 Å². The molecule has 0 aliphatic rings. The minimum Gasteiger partial charge on any atom is -0.298 e. The lowest BCUT2D eigenvalue weighted by Crippen LogP contribution is -1.98. The van der Waals surface area contributed by atoms with E-state index < -0.39 is 0 Å². The van der Waals surface area contributed by atoms with E-state index in [1.54, 1.807) is 18.3 Å². The van der Waals surface area contributed by atoms with Gasteiger partial charge in [0.2, 0.25) is 0 Å². The number of benzene rings is 2. The van der Waals surface area contributed by atoms with Crippen molar-refractivity contribution in [3.8, 4) is 16.9 Å². The Hall–Kier alpha value is -2.39. The molecule has 20 heavy (non-hydrogen) atoms. The number of hydrogen-bond donors (Lipinski definition) is 0. The van der Waals surface area contributed by atoms with Gasteiger partial charge in [-0.25, -0.2) is 4.68 Å². The van der Waals surface area contributed by atoms with E-state index in [2.05, 4.69) is 5.10 Å². The average molecular weight is 283 g/mol. The number of carbonyl (C=O) groups is 1. The number of para-hydroxylation sites is 1. The third-order valence-electron chi connectivity index (χ3n) is 3.05. The summed E-state index contributed by atoms with van der Waals surface area (Å²) in [5, 5.41) is 4.87. The topological polar surface area (TPSA) is 34.9 Å². The molecule has 0 saturated carbocycles. The fraction of sp³-hybridized carbons (Fsp3) is 0. The van der Waals surface area contributed by atoms with Crippen molar-refractivity contribution in [2.24, 2.45) is 0 Å². The van der Waals surface area contributed by atoms with Crippen molar-refractivity contribution in [2.75, 3.05) is 0 Å². The smallest absolute Gasteiger partial charge is 0.150 e. The molecule has 2 aromatic carbocycles. The third kappa shape index (κ3) is 2.24. The zero-order valence-corrected chi connectivity index (χ0v) is 11.3. The zero-order chi connectivity index (χ0) is 13.9. The zero-order valence-electron chi connectivity index (χ0n) is 10.5. The van der Waals surface area contributed by atoms with Gasteiger partial charge in [0, 0.05) is 11.1 Å². The van der Waals surface area contributed by atoms with Crippen molar-refractivity contribution < 1.29 is 4.79 Å². The molecule has 1 aromatic heterocycles. The van der Waals surface area contributed by atoms with Crippen LogP contribution < -0.4 is 0 Å². The summed E-state index contributed by atoms with van der Waals surface area (Å²) >= 11 is 6.26. The quantitative estimate of drug-likeness (QED) is 0.681. The molecule has 0 unspecified atom stereocenters. The lowest BCUT2D eigenvalue weighted by atomic mass is 10.1. The summed E-state index contributed by atoms with van der Waals surface area (Å²) < 4.78 is 1.82. The largest absolute Gasteiger partial charge is 0.298 e.